The summed E-state index contributed by atoms with van der Waals surface area (Å²) >= 11 is 0. The summed E-state index contributed by atoms with van der Waals surface area (Å²) in [5, 5.41) is 10.1. The van der Waals surface area contributed by atoms with E-state index in [2.05, 4.69) is 15.7 Å². The van der Waals surface area contributed by atoms with Crippen LogP contribution in [-0.2, 0) is 16.1 Å². The van der Waals surface area contributed by atoms with Crippen LogP contribution in [0.25, 0.3) is 11.1 Å². The highest BCUT2D eigenvalue weighted by atomic mass is 16.6. The number of aromatic nitrogens is 2. The van der Waals surface area contributed by atoms with Crippen molar-refractivity contribution in [3.63, 3.8) is 0 Å². The van der Waals surface area contributed by atoms with E-state index in [1.807, 2.05) is 30.3 Å². The summed E-state index contributed by atoms with van der Waals surface area (Å²) in [6.07, 6.45) is 1.79. The standard InChI is InChI=1S/C22H20N4O4/c27-20(24-16-6-7-18-19(11-16)30-9-8-29-18)10-15-13-26-21(25-22(15)28)17(12-23-26)14-4-2-1-3-5-14/h1-7,11-12,15H,8-10,13H2,(H,24,27)(H,25,28)/t15-/m0/s1. The van der Waals surface area contributed by atoms with Gasteiger partial charge in [-0.2, -0.15) is 5.10 Å². The summed E-state index contributed by atoms with van der Waals surface area (Å²) in [5.41, 5.74) is 2.45. The molecule has 8 nitrogen and oxygen atoms in total. The minimum atomic E-state index is -0.502. The number of fused-ring (bicyclic) bond motifs is 2. The van der Waals surface area contributed by atoms with E-state index in [-0.39, 0.29) is 18.2 Å². The van der Waals surface area contributed by atoms with E-state index in [0.29, 0.717) is 42.8 Å². The SMILES string of the molecule is O=C(C[C@H]1Cn2ncc(-c3ccccc3)c2NC1=O)Nc1ccc2c(c1)OCCO2. The summed E-state index contributed by atoms with van der Waals surface area (Å²) in [6.45, 7) is 1.34. The zero-order valence-electron chi connectivity index (χ0n) is 16.1. The topological polar surface area (TPSA) is 94.5 Å². The van der Waals surface area contributed by atoms with E-state index in [1.54, 1.807) is 29.1 Å². The van der Waals surface area contributed by atoms with Gasteiger partial charge >= 0.3 is 0 Å². The fourth-order valence-electron chi connectivity index (χ4n) is 3.71. The number of nitrogens with one attached hydrogen (secondary N) is 2. The molecule has 3 aromatic rings. The van der Waals surface area contributed by atoms with Crippen LogP contribution in [0.3, 0.4) is 0 Å². The highest BCUT2D eigenvalue weighted by molar-refractivity contribution is 6.00. The number of rotatable bonds is 4. The van der Waals surface area contributed by atoms with Gasteiger partial charge < -0.3 is 20.1 Å². The molecule has 0 fully saturated rings. The van der Waals surface area contributed by atoms with Gasteiger partial charge in [-0.25, -0.2) is 4.68 Å². The van der Waals surface area contributed by atoms with E-state index in [1.165, 1.54) is 0 Å². The number of amides is 2. The molecule has 0 aliphatic carbocycles. The van der Waals surface area contributed by atoms with E-state index >= 15 is 0 Å². The molecule has 0 saturated carbocycles. The van der Waals surface area contributed by atoms with Crippen molar-refractivity contribution in [3.05, 3.63) is 54.7 Å². The molecule has 8 heteroatoms. The average Bonchev–Trinajstić information content (AvgIpc) is 3.17. The molecule has 0 unspecified atom stereocenters. The second kappa shape index (κ2) is 7.55. The van der Waals surface area contributed by atoms with Crippen molar-refractivity contribution in [3.8, 4) is 22.6 Å². The minimum Gasteiger partial charge on any atom is -0.486 e. The first kappa shape index (κ1) is 18.2. The lowest BCUT2D eigenvalue weighted by Crippen LogP contribution is -2.36. The predicted molar refractivity (Wildman–Crippen MR) is 110 cm³/mol. The van der Waals surface area contributed by atoms with Gasteiger partial charge in [0.15, 0.2) is 11.5 Å². The van der Waals surface area contributed by atoms with Crippen molar-refractivity contribution in [2.75, 3.05) is 23.8 Å². The van der Waals surface area contributed by atoms with Crippen LogP contribution in [0.15, 0.2) is 54.7 Å². The molecule has 2 amide bonds. The number of ether oxygens (including phenoxy) is 2. The first-order valence-electron chi connectivity index (χ1n) is 9.79. The molecular formula is C22H20N4O4. The fraction of sp³-hybridized carbons (Fsp3) is 0.227. The van der Waals surface area contributed by atoms with Gasteiger partial charge in [-0.05, 0) is 17.7 Å². The van der Waals surface area contributed by atoms with E-state index in [9.17, 15) is 9.59 Å². The minimum absolute atomic E-state index is 0.0558. The molecule has 0 saturated heterocycles. The molecule has 1 atom stereocenters. The molecular weight excluding hydrogens is 384 g/mol. The van der Waals surface area contributed by atoms with Gasteiger partial charge in [0.05, 0.1) is 18.7 Å². The zero-order valence-corrected chi connectivity index (χ0v) is 16.1. The highest BCUT2D eigenvalue weighted by Gasteiger charge is 2.30. The normalized spacial score (nSPS) is 17.1. The average molecular weight is 404 g/mol. The quantitative estimate of drug-likeness (QED) is 0.697. The molecule has 0 bridgehead atoms. The Morgan fingerprint density at radius 1 is 1.13 bits per heavy atom. The Bertz CT molecular complexity index is 1110. The van der Waals surface area contributed by atoms with Crippen LogP contribution in [0.4, 0.5) is 11.5 Å². The number of anilines is 2. The molecule has 30 heavy (non-hydrogen) atoms. The number of carbonyl (C=O) groups excluding carboxylic acids is 2. The summed E-state index contributed by atoms with van der Waals surface area (Å²) < 4.78 is 12.8. The van der Waals surface area contributed by atoms with Crippen molar-refractivity contribution in [1.29, 1.82) is 0 Å². The Hall–Kier alpha value is -3.81. The van der Waals surface area contributed by atoms with Gasteiger partial charge in [-0.1, -0.05) is 30.3 Å². The van der Waals surface area contributed by atoms with Gasteiger partial charge in [0.1, 0.15) is 19.0 Å². The molecule has 2 N–H and O–H groups in total. The van der Waals surface area contributed by atoms with Crippen LogP contribution in [0.2, 0.25) is 0 Å². The number of benzene rings is 2. The highest BCUT2D eigenvalue weighted by Crippen LogP contribution is 2.34. The molecule has 3 heterocycles. The summed E-state index contributed by atoms with van der Waals surface area (Å²) in [4.78, 5) is 25.2. The molecule has 2 aromatic carbocycles. The Balaban J connectivity index is 1.27. The maximum Gasteiger partial charge on any atom is 0.231 e. The lowest BCUT2D eigenvalue weighted by Gasteiger charge is -2.24. The molecule has 1 aromatic heterocycles. The molecule has 152 valence electrons. The Morgan fingerprint density at radius 2 is 1.93 bits per heavy atom. The monoisotopic (exact) mass is 404 g/mol. The maximum absolute atomic E-state index is 12.6. The molecule has 0 spiro atoms. The van der Waals surface area contributed by atoms with Crippen LogP contribution in [0.1, 0.15) is 6.42 Å². The lowest BCUT2D eigenvalue weighted by atomic mass is 10.0. The number of nitrogens with zero attached hydrogens (tertiary/aromatic N) is 2. The van der Waals surface area contributed by atoms with Gasteiger partial charge in [0.25, 0.3) is 0 Å². The molecule has 5 rings (SSSR count). The summed E-state index contributed by atoms with van der Waals surface area (Å²) in [6, 6.07) is 15.0. The third kappa shape index (κ3) is 3.47. The number of hydrogen-bond donors (Lipinski definition) is 2. The third-order valence-electron chi connectivity index (χ3n) is 5.19. The van der Waals surface area contributed by atoms with E-state index < -0.39 is 5.92 Å². The van der Waals surface area contributed by atoms with Gasteiger partial charge in [-0.3, -0.25) is 9.59 Å². The third-order valence-corrected chi connectivity index (χ3v) is 5.19. The van der Waals surface area contributed by atoms with E-state index in [4.69, 9.17) is 9.47 Å². The molecule has 2 aliphatic rings. The van der Waals surface area contributed by atoms with Crippen molar-refractivity contribution in [2.24, 2.45) is 5.92 Å². The zero-order chi connectivity index (χ0) is 20.5. The number of carbonyl (C=O) groups is 2. The number of hydrogen-bond acceptors (Lipinski definition) is 5. The van der Waals surface area contributed by atoms with Crippen molar-refractivity contribution < 1.29 is 19.1 Å². The maximum atomic E-state index is 12.6. The Labute approximate surface area is 172 Å². The smallest absolute Gasteiger partial charge is 0.231 e. The first-order chi connectivity index (χ1) is 14.7. The van der Waals surface area contributed by atoms with Crippen LogP contribution in [0, 0.1) is 5.92 Å². The fourth-order valence-corrected chi connectivity index (χ4v) is 3.71. The Morgan fingerprint density at radius 3 is 2.77 bits per heavy atom. The predicted octanol–water partition coefficient (Wildman–Crippen LogP) is 2.92. The lowest BCUT2D eigenvalue weighted by molar-refractivity contribution is -0.125. The summed E-state index contributed by atoms with van der Waals surface area (Å²) in [5.74, 6) is 0.992. The molecule has 2 aliphatic heterocycles. The second-order valence-electron chi connectivity index (χ2n) is 7.25. The van der Waals surface area contributed by atoms with Crippen molar-refractivity contribution >= 4 is 23.3 Å². The summed E-state index contributed by atoms with van der Waals surface area (Å²) in [7, 11) is 0. The Kier molecular flexibility index (Phi) is 4.59. The molecule has 0 radical (unpaired) electrons. The first-order valence-corrected chi connectivity index (χ1v) is 9.79. The van der Waals surface area contributed by atoms with Gasteiger partial charge in [0.2, 0.25) is 11.8 Å². The van der Waals surface area contributed by atoms with Crippen LogP contribution >= 0.6 is 0 Å². The van der Waals surface area contributed by atoms with Crippen LogP contribution in [0.5, 0.6) is 11.5 Å². The van der Waals surface area contributed by atoms with E-state index in [0.717, 1.165) is 11.1 Å². The van der Waals surface area contributed by atoms with Gasteiger partial charge in [0, 0.05) is 23.7 Å². The van der Waals surface area contributed by atoms with Crippen molar-refractivity contribution in [2.45, 2.75) is 13.0 Å². The van der Waals surface area contributed by atoms with Crippen molar-refractivity contribution in [1.82, 2.24) is 9.78 Å². The largest absolute Gasteiger partial charge is 0.486 e. The van der Waals surface area contributed by atoms with Crippen LogP contribution in [-0.4, -0.2) is 34.8 Å². The second-order valence-corrected chi connectivity index (χ2v) is 7.25. The van der Waals surface area contributed by atoms with Crippen LogP contribution < -0.4 is 20.1 Å². The van der Waals surface area contributed by atoms with Gasteiger partial charge in [-0.15, -0.1) is 0 Å².